The topological polar surface area (TPSA) is 21.6 Å². The second kappa shape index (κ2) is 7.35. The monoisotopic (exact) mass is 329 g/mol. The Morgan fingerprint density at radius 1 is 0.800 bits per heavy atom. The van der Waals surface area contributed by atoms with Crippen LogP contribution in [0.25, 0.3) is 11.1 Å². The molecule has 0 fully saturated rings. The second-order valence-corrected chi connectivity index (χ2v) is 6.31. The molecule has 0 N–H and O–H groups in total. The van der Waals surface area contributed by atoms with Gasteiger partial charge in [-0.25, -0.2) is 0 Å². The van der Waals surface area contributed by atoms with E-state index in [0.717, 1.165) is 17.1 Å². The predicted molar refractivity (Wildman–Crippen MR) is 106 cm³/mol. The summed E-state index contributed by atoms with van der Waals surface area (Å²) in [7, 11) is 1.67. The summed E-state index contributed by atoms with van der Waals surface area (Å²) in [5, 5.41) is 0. The van der Waals surface area contributed by atoms with Crippen LogP contribution in [-0.2, 0) is 0 Å². The van der Waals surface area contributed by atoms with Gasteiger partial charge in [0.1, 0.15) is 5.75 Å². The quantitative estimate of drug-likeness (QED) is 0.528. The fourth-order valence-electron chi connectivity index (χ4n) is 2.85. The normalized spacial score (nSPS) is 11.4. The lowest BCUT2D eigenvalue weighted by Crippen LogP contribution is -1.99. The first-order valence-corrected chi connectivity index (χ1v) is 8.44. The zero-order chi connectivity index (χ0) is 17.8. The smallest absolute Gasteiger partial charge is 0.119 e. The summed E-state index contributed by atoms with van der Waals surface area (Å²) >= 11 is 0. The number of rotatable bonds is 4. The Hall–Kier alpha value is -2.87. The van der Waals surface area contributed by atoms with E-state index in [1.165, 1.54) is 27.8 Å². The lowest BCUT2D eigenvalue weighted by Gasteiger charge is -2.12. The van der Waals surface area contributed by atoms with Gasteiger partial charge in [0, 0.05) is 11.3 Å². The molecule has 0 spiro atoms. The molecule has 0 aliphatic carbocycles. The molecular formula is C23H23NO. The van der Waals surface area contributed by atoms with Gasteiger partial charge in [-0.1, -0.05) is 47.5 Å². The largest absolute Gasteiger partial charge is 0.497 e. The SMILES string of the molecule is COc1ccc(N=C(C)c2cc(C)ccc2-c2ccc(C)cc2)cc1. The van der Waals surface area contributed by atoms with Crippen LogP contribution in [0, 0.1) is 13.8 Å². The Labute approximate surface area is 149 Å². The van der Waals surface area contributed by atoms with Gasteiger partial charge in [0.25, 0.3) is 0 Å². The van der Waals surface area contributed by atoms with E-state index in [1.807, 2.05) is 24.3 Å². The first-order chi connectivity index (χ1) is 12.1. The number of nitrogens with zero attached hydrogens (tertiary/aromatic N) is 1. The Morgan fingerprint density at radius 2 is 1.44 bits per heavy atom. The molecular weight excluding hydrogens is 306 g/mol. The van der Waals surface area contributed by atoms with Gasteiger partial charge >= 0.3 is 0 Å². The van der Waals surface area contributed by atoms with Crippen molar-refractivity contribution in [3.05, 3.63) is 83.4 Å². The Morgan fingerprint density at radius 3 is 2.08 bits per heavy atom. The van der Waals surface area contributed by atoms with Gasteiger partial charge in [0.15, 0.2) is 0 Å². The van der Waals surface area contributed by atoms with Crippen LogP contribution in [0.1, 0.15) is 23.6 Å². The lowest BCUT2D eigenvalue weighted by molar-refractivity contribution is 0.415. The van der Waals surface area contributed by atoms with Crippen molar-refractivity contribution in [3.8, 4) is 16.9 Å². The maximum atomic E-state index is 5.21. The van der Waals surface area contributed by atoms with E-state index in [-0.39, 0.29) is 0 Å². The summed E-state index contributed by atoms with van der Waals surface area (Å²) in [5.74, 6) is 0.840. The lowest BCUT2D eigenvalue weighted by atomic mass is 9.95. The van der Waals surface area contributed by atoms with Gasteiger partial charge in [0.2, 0.25) is 0 Å². The van der Waals surface area contributed by atoms with Crippen LogP contribution in [0.5, 0.6) is 5.75 Å². The van der Waals surface area contributed by atoms with Gasteiger partial charge in [-0.05, 0) is 62.2 Å². The molecule has 25 heavy (non-hydrogen) atoms. The molecule has 0 aromatic heterocycles. The highest BCUT2D eigenvalue weighted by Crippen LogP contribution is 2.27. The van der Waals surface area contributed by atoms with Gasteiger partial charge in [-0.2, -0.15) is 0 Å². The molecule has 0 bridgehead atoms. The van der Waals surface area contributed by atoms with E-state index in [1.54, 1.807) is 7.11 Å². The van der Waals surface area contributed by atoms with Crippen LogP contribution in [0.15, 0.2) is 71.7 Å². The number of aryl methyl sites for hydroxylation is 2. The standard InChI is InChI=1S/C23H23NO/c1-16-5-8-19(9-6-16)22-14-7-17(2)15-23(22)18(3)24-20-10-12-21(25-4)13-11-20/h5-15H,1-4H3. The highest BCUT2D eigenvalue weighted by molar-refractivity contribution is 6.05. The van der Waals surface area contributed by atoms with Crippen LogP contribution >= 0.6 is 0 Å². The molecule has 126 valence electrons. The van der Waals surface area contributed by atoms with Crippen molar-refractivity contribution in [2.75, 3.05) is 7.11 Å². The molecule has 0 aliphatic heterocycles. The highest BCUT2D eigenvalue weighted by atomic mass is 16.5. The van der Waals surface area contributed by atoms with Gasteiger partial charge in [0.05, 0.1) is 12.8 Å². The molecule has 0 heterocycles. The number of ether oxygens (including phenoxy) is 1. The van der Waals surface area contributed by atoms with Crippen LogP contribution in [0.2, 0.25) is 0 Å². The average molecular weight is 329 g/mol. The van der Waals surface area contributed by atoms with Crippen LogP contribution in [0.4, 0.5) is 5.69 Å². The first-order valence-electron chi connectivity index (χ1n) is 8.44. The minimum absolute atomic E-state index is 0.840. The van der Waals surface area contributed by atoms with E-state index in [4.69, 9.17) is 9.73 Å². The van der Waals surface area contributed by atoms with Crippen molar-refractivity contribution in [3.63, 3.8) is 0 Å². The fraction of sp³-hybridized carbons (Fsp3) is 0.174. The third-order valence-electron chi connectivity index (χ3n) is 4.30. The third-order valence-corrected chi connectivity index (χ3v) is 4.30. The van der Waals surface area contributed by atoms with E-state index >= 15 is 0 Å². The fourth-order valence-corrected chi connectivity index (χ4v) is 2.85. The first kappa shape index (κ1) is 17.0. The van der Waals surface area contributed by atoms with E-state index in [0.29, 0.717) is 0 Å². The molecule has 3 aromatic rings. The maximum absolute atomic E-state index is 5.21. The van der Waals surface area contributed by atoms with Gasteiger partial charge < -0.3 is 4.74 Å². The van der Waals surface area contributed by atoms with Gasteiger partial charge in [-0.3, -0.25) is 4.99 Å². The highest BCUT2D eigenvalue weighted by Gasteiger charge is 2.09. The molecule has 0 atom stereocenters. The van der Waals surface area contributed by atoms with Gasteiger partial charge in [-0.15, -0.1) is 0 Å². The summed E-state index contributed by atoms with van der Waals surface area (Å²) in [5.41, 5.74) is 8.01. The molecule has 2 heteroatoms. The molecule has 0 amide bonds. The number of hydrogen-bond donors (Lipinski definition) is 0. The molecule has 3 rings (SSSR count). The molecule has 0 saturated heterocycles. The Kier molecular flexibility index (Phi) is 4.99. The van der Waals surface area contributed by atoms with Crippen molar-refractivity contribution >= 4 is 11.4 Å². The molecule has 0 aliphatic rings. The van der Waals surface area contributed by atoms with E-state index in [2.05, 4.69) is 63.2 Å². The molecule has 0 radical (unpaired) electrons. The number of hydrogen-bond acceptors (Lipinski definition) is 2. The van der Waals surface area contributed by atoms with Crippen molar-refractivity contribution < 1.29 is 4.74 Å². The number of benzene rings is 3. The predicted octanol–water partition coefficient (Wildman–Crippen LogP) is 6.12. The maximum Gasteiger partial charge on any atom is 0.119 e. The minimum atomic E-state index is 0.840. The van der Waals surface area contributed by atoms with Crippen LogP contribution in [0.3, 0.4) is 0 Å². The number of methoxy groups -OCH3 is 1. The Balaban J connectivity index is 2.03. The van der Waals surface area contributed by atoms with E-state index in [9.17, 15) is 0 Å². The average Bonchev–Trinajstić information content (AvgIpc) is 2.63. The summed E-state index contributed by atoms with van der Waals surface area (Å²) in [4.78, 5) is 4.81. The van der Waals surface area contributed by atoms with Crippen molar-refractivity contribution in [1.29, 1.82) is 0 Å². The second-order valence-electron chi connectivity index (χ2n) is 6.31. The van der Waals surface area contributed by atoms with Crippen molar-refractivity contribution in [2.24, 2.45) is 4.99 Å². The van der Waals surface area contributed by atoms with Crippen LogP contribution in [-0.4, -0.2) is 12.8 Å². The molecule has 0 unspecified atom stereocenters. The third kappa shape index (κ3) is 3.97. The molecule has 0 saturated carbocycles. The summed E-state index contributed by atoms with van der Waals surface area (Å²) < 4.78 is 5.21. The molecule has 2 nitrogen and oxygen atoms in total. The zero-order valence-electron chi connectivity index (χ0n) is 15.2. The zero-order valence-corrected chi connectivity index (χ0v) is 15.2. The molecule has 3 aromatic carbocycles. The summed E-state index contributed by atoms with van der Waals surface area (Å²) in [6.07, 6.45) is 0. The Bertz CT molecular complexity index is 890. The summed E-state index contributed by atoms with van der Waals surface area (Å²) in [6, 6.07) is 23.0. The van der Waals surface area contributed by atoms with Crippen molar-refractivity contribution in [1.82, 2.24) is 0 Å². The minimum Gasteiger partial charge on any atom is -0.497 e. The van der Waals surface area contributed by atoms with Crippen LogP contribution < -0.4 is 4.74 Å². The number of aliphatic imine (C=N–C) groups is 1. The van der Waals surface area contributed by atoms with Crippen molar-refractivity contribution in [2.45, 2.75) is 20.8 Å². The summed E-state index contributed by atoms with van der Waals surface area (Å²) in [6.45, 7) is 6.29. The van der Waals surface area contributed by atoms with E-state index < -0.39 is 0 Å².